The second-order valence-electron chi connectivity index (χ2n) is 7.79. The largest absolute Gasteiger partial charge is 0.494 e. The third kappa shape index (κ3) is 4.56. The summed E-state index contributed by atoms with van der Waals surface area (Å²) >= 11 is 0. The van der Waals surface area contributed by atoms with Gasteiger partial charge in [0.15, 0.2) is 5.69 Å². The van der Waals surface area contributed by atoms with Crippen molar-refractivity contribution >= 4 is 11.6 Å². The van der Waals surface area contributed by atoms with Gasteiger partial charge in [0.25, 0.3) is 5.91 Å². The number of aryl methyl sites for hydroxylation is 1. The lowest BCUT2D eigenvalue weighted by Crippen LogP contribution is -2.18. The molecular weight excluding hydrogens is 380 g/mol. The molecule has 1 unspecified atom stereocenters. The van der Waals surface area contributed by atoms with Crippen molar-refractivity contribution in [1.29, 1.82) is 0 Å². The lowest BCUT2D eigenvalue weighted by atomic mass is 9.84. The number of nitrogens with zero attached hydrogens (tertiary/aromatic N) is 3. The molecule has 0 spiro atoms. The van der Waals surface area contributed by atoms with Gasteiger partial charge in [-0.15, -0.1) is 0 Å². The van der Waals surface area contributed by atoms with Crippen LogP contribution in [-0.2, 0) is 19.4 Å². The highest BCUT2D eigenvalue weighted by Gasteiger charge is 2.28. The number of carbonyl (C=O) groups excluding carboxylic acids is 1. The molecule has 0 fully saturated rings. The van der Waals surface area contributed by atoms with Gasteiger partial charge in [0.1, 0.15) is 11.5 Å². The Morgan fingerprint density at radius 1 is 1.30 bits per heavy atom. The summed E-state index contributed by atoms with van der Waals surface area (Å²) in [5.41, 5.74) is 3.12. The molecule has 1 amide bonds. The monoisotopic (exact) mass is 408 g/mol. The number of carbonyl (C=O) groups is 1. The summed E-state index contributed by atoms with van der Waals surface area (Å²) in [7, 11) is 0. The molecule has 1 atom stereocenters. The summed E-state index contributed by atoms with van der Waals surface area (Å²) in [5.74, 6) is 2.08. The number of benzene rings is 1. The lowest BCUT2D eigenvalue weighted by molar-refractivity contribution is 0.101. The second kappa shape index (κ2) is 9.15. The normalized spacial score (nSPS) is 15.6. The number of rotatable bonds is 8. The average molecular weight is 409 g/mol. The summed E-state index contributed by atoms with van der Waals surface area (Å²) in [4.78, 5) is 12.8. The molecule has 3 aromatic rings. The van der Waals surface area contributed by atoms with Gasteiger partial charge < -0.3 is 14.6 Å². The first-order valence-electron chi connectivity index (χ1n) is 10.7. The average Bonchev–Trinajstić information content (AvgIpc) is 3.36. The Bertz CT molecular complexity index is 990. The quantitative estimate of drug-likeness (QED) is 0.594. The van der Waals surface area contributed by atoms with Gasteiger partial charge in [-0.25, -0.2) is 0 Å². The summed E-state index contributed by atoms with van der Waals surface area (Å²) in [6, 6.07) is 7.92. The molecule has 0 bridgehead atoms. The zero-order chi connectivity index (χ0) is 20.9. The van der Waals surface area contributed by atoms with Crippen LogP contribution in [0.4, 0.5) is 5.69 Å². The molecule has 1 N–H and O–H groups in total. The van der Waals surface area contributed by atoms with E-state index in [1.54, 1.807) is 10.9 Å². The van der Waals surface area contributed by atoms with Gasteiger partial charge >= 0.3 is 0 Å². The standard InChI is InChI=1S/C23H28N4O3/c1-3-5-16-8-11-21-20(12-16)22(26-30-21)23(28)25-18-13-24-27(15-18)14-17-6-9-19(10-7-17)29-4-2/h6-7,9-10,13,15-16H,3-5,8,11-12,14H2,1-2H3,(H,25,28). The minimum atomic E-state index is -0.238. The number of anilines is 1. The van der Waals surface area contributed by atoms with Gasteiger partial charge in [0.2, 0.25) is 0 Å². The maximum Gasteiger partial charge on any atom is 0.278 e. The van der Waals surface area contributed by atoms with Crippen LogP contribution < -0.4 is 10.1 Å². The summed E-state index contributed by atoms with van der Waals surface area (Å²) in [5, 5.41) is 11.3. The topological polar surface area (TPSA) is 82.2 Å². The van der Waals surface area contributed by atoms with E-state index in [0.29, 0.717) is 30.5 Å². The van der Waals surface area contributed by atoms with Gasteiger partial charge in [-0.3, -0.25) is 9.48 Å². The second-order valence-corrected chi connectivity index (χ2v) is 7.79. The van der Waals surface area contributed by atoms with E-state index in [1.807, 2.05) is 37.4 Å². The molecule has 2 aromatic heterocycles. The van der Waals surface area contributed by atoms with Crippen LogP contribution in [0, 0.1) is 5.92 Å². The molecule has 1 aliphatic carbocycles. The van der Waals surface area contributed by atoms with Crippen LogP contribution in [0.2, 0.25) is 0 Å². The maximum atomic E-state index is 12.8. The summed E-state index contributed by atoms with van der Waals surface area (Å²) in [6.07, 6.45) is 8.63. The Labute approximate surface area is 176 Å². The van der Waals surface area contributed by atoms with Gasteiger partial charge in [0.05, 0.1) is 25.0 Å². The van der Waals surface area contributed by atoms with Crippen molar-refractivity contribution in [3.05, 3.63) is 59.2 Å². The van der Waals surface area contributed by atoms with Crippen molar-refractivity contribution in [2.24, 2.45) is 5.92 Å². The SMILES string of the molecule is CCCC1CCc2onc(C(=O)Nc3cnn(Cc4ccc(OCC)cc4)c3)c2C1. The van der Waals surface area contributed by atoms with E-state index >= 15 is 0 Å². The van der Waals surface area contributed by atoms with Crippen LogP contribution in [-0.4, -0.2) is 27.5 Å². The highest BCUT2D eigenvalue weighted by atomic mass is 16.5. The van der Waals surface area contributed by atoms with E-state index < -0.39 is 0 Å². The number of nitrogens with one attached hydrogen (secondary N) is 1. The predicted molar refractivity (Wildman–Crippen MR) is 114 cm³/mol. The Hall–Kier alpha value is -3.09. The van der Waals surface area contributed by atoms with Crippen LogP contribution >= 0.6 is 0 Å². The summed E-state index contributed by atoms with van der Waals surface area (Å²) < 4.78 is 12.7. The van der Waals surface area contributed by atoms with Crippen molar-refractivity contribution in [1.82, 2.24) is 14.9 Å². The van der Waals surface area contributed by atoms with Crippen molar-refractivity contribution in [2.45, 2.75) is 52.5 Å². The highest BCUT2D eigenvalue weighted by Crippen LogP contribution is 2.31. The number of fused-ring (bicyclic) bond motifs is 1. The fraction of sp³-hybridized carbons (Fsp3) is 0.435. The minimum Gasteiger partial charge on any atom is -0.494 e. The third-order valence-corrected chi connectivity index (χ3v) is 5.52. The van der Waals surface area contributed by atoms with Crippen LogP contribution in [0.15, 0.2) is 41.2 Å². The molecule has 0 saturated carbocycles. The molecule has 1 aromatic carbocycles. The van der Waals surface area contributed by atoms with Crippen LogP contribution in [0.5, 0.6) is 5.75 Å². The first kappa shape index (κ1) is 20.2. The van der Waals surface area contributed by atoms with Gasteiger partial charge in [-0.1, -0.05) is 37.1 Å². The van der Waals surface area contributed by atoms with Crippen molar-refractivity contribution in [3.63, 3.8) is 0 Å². The molecule has 30 heavy (non-hydrogen) atoms. The summed E-state index contributed by atoms with van der Waals surface area (Å²) in [6.45, 7) is 5.42. The smallest absolute Gasteiger partial charge is 0.278 e. The van der Waals surface area contributed by atoms with E-state index in [0.717, 1.165) is 48.3 Å². The number of hydrogen-bond donors (Lipinski definition) is 1. The minimum absolute atomic E-state index is 0.238. The van der Waals surface area contributed by atoms with Crippen molar-refractivity contribution in [2.75, 3.05) is 11.9 Å². The van der Waals surface area contributed by atoms with Crippen molar-refractivity contribution in [3.8, 4) is 5.75 Å². The molecule has 158 valence electrons. The zero-order valence-electron chi connectivity index (χ0n) is 17.6. The highest BCUT2D eigenvalue weighted by molar-refractivity contribution is 6.03. The number of amides is 1. The predicted octanol–water partition coefficient (Wildman–Crippen LogP) is 4.48. The molecule has 7 nitrogen and oxygen atoms in total. The van der Waals surface area contributed by atoms with E-state index in [4.69, 9.17) is 9.26 Å². The lowest BCUT2D eigenvalue weighted by Gasteiger charge is -2.20. The number of ether oxygens (including phenoxy) is 1. The third-order valence-electron chi connectivity index (χ3n) is 5.52. The van der Waals surface area contributed by atoms with Crippen LogP contribution in [0.3, 0.4) is 0 Å². The fourth-order valence-corrected chi connectivity index (χ4v) is 4.06. The zero-order valence-corrected chi connectivity index (χ0v) is 17.6. The first-order chi connectivity index (χ1) is 14.7. The van der Waals surface area contributed by atoms with Crippen LogP contribution in [0.1, 0.15) is 60.5 Å². The first-order valence-corrected chi connectivity index (χ1v) is 10.7. The van der Waals surface area contributed by atoms with Gasteiger partial charge in [-0.2, -0.15) is 5.10 Å². The molecule has 1 aliphatic rings. The Morgan fingerprint density at radius 2 is 2.13 bits per heavy atom. The van der Waals surface area contributed by atoms with Crippen LogP contribution in [0.25, 0.3) is 0 Å². The molecule has 4 rings (SSSR count). The van der Waals surface area contributed by atoms with Crippen molar-refractivity contribution < 1.29 is 14.1 Å². The van der Waals surface area contributed by atoms with E-state index in [2.05, 4.69) is 22.5 Å². The molecule has 0 radical (unpaired) electrons. The number of hydrogen-bond acceptors (Lipinski definition) is 5. The Balaban J connectivity index is 1.39. The van der Waals surface area contributed by atoms with E-state index in [9.17, 15) is 4.79 Å². The molecule has 0 saturated heterocycles. The van der Waals surface area contributed by atoms with Gasteiger partial charge in [-0.05, 0) is 43.4 Å². The van der Waals surface area contributed by atoms with E-state index in [1.165, 1.54) is 6.42 Å². The molecular formula is C23H28N4O3. The van der Waals surface area contributed by atoms with E-state index in [-0.39, 0.29) is 5.91 Å². The number of aromatic nitrogens is 3. The molecule has 2 heterocycles. The molecule has 0 aliphatic heterocycles. The Morgan fingerprint density at radius 3 is 2.90 bits per heavy atom. The molecule has 7 heteroatoms. The Kier molecular flexibility index (Phi) is 6.16. The van der Waals surface area contributed by atoms with Gasteiger partial charge in [0, 0.05) is 18.2 Å². The fourth-order valence-electron chi connectivity index (χ4n) is 4.06. The maximum absolute atomic E-state index is 12.8.